The third-order valence-corrected chi connectivity index (χ3v) is 5.24. The highest BCUT2D eigenvalue weighted by Gasteiger charge is 2.29. The molecule has 0 bridgehead atoms. The summed E-state index contributed by atoms with van der Waals surface area (Å²) in [6.45, 7) is 2.46. The summed E-state index contributed by atoms with van der Waals surface area (Å²) in [6, 6.07) is 8.56. The van der Waals surface area contributed by atoms with Gasteiger partial charge >= 0.3 is 6.03 Å². The van der Waals surface area contributed by atoms with Crippen LogP contribution in [0.25, 0.3) is 0 Å². The highest BCUT2D eigenvalue weighted by atomic mass is 32.2. The molecule has 0 radical (unpaired) electrons. The van der Waals surface area contributed by atoms with Gasteiger partial charge in [0.05, 0.1) is 12.6 Å². The molecule has 0 saturated carbocycles. The molecule has 5 heteroatoms. The Balaban J connectivity index is 2.16. The molecule has 2 N–H and O–H groups in total. The first-order valence-electron chi connectivity index (χ1n) is 8.46. The maximum atomic E-state index is 12.8. The summed E-state index contributed by atoms with van der Waals surface area (Å²) in [4.78, 5) is 14.6. The van der Waals surface area contributed by atoms with Crippen molar-refractivity contribution in [1.82, 2.24) is 10.2 Å². The van der Waals surface area contributed by atoms with Crippen molar-refractivity contribution in [2.24, 2.45) is 0 Å². The lowest BCUT2D eigenvalue weighted by atomic mass is 9.87. The Morgan fingerprint density at radius 1 is 1.48 bits per heavy atom. The van der Waals surface area contributed by atoms with E-state index in [4.69, 9.17) is 0 Å². The number of fused-ring (bicyclic) bond motifs is 1. The van der Waals surface area contributed by atoms with Crippen LogP contribution < -0.4 is 5.32 Å². The van der Waals surface area contributed by atoms with Gasteiger partial charge in [-0.2, -0.15) is 11.8 Å². The van der Waals surface area contributed by atoms with Crippen LogP contribution >= 0.6 is 11.8 Å². The van der Waals surface area contributed by atoms with Gasteiger partial charge in [0.2, 0.25) is 0 Å². The van der Waals surface area contributed by atoms with E-state index in [1.165, 1.54) is 11.1 Å². The number of benzene rings is 1. The molecule has 0 saturated heterocycles. The maximum absolute atomic E-state index is 12.8. The van der Waals surface area contributed by atoms with Gasteiger partial charge in [-0.3, -0.25) is 0 Å². The number of aryl methyl sites for hydroxylation is 1. The van der Waals surface area contributed by atoms with Gasteiger partial charge in [0.15, 0.2) is 0 Å². The van der Waals surface area contributed by atoms with Crippen LogP contribution in [0.4, 0.5) is 4.79 Å². The second-order valence-corrected chi connectivity index (χ2v) is 6.94. The van der Waals surface area contributed by atoms with Crippen molar-refractivity contribution in [3.8, 4) is 0 Å². The van der Waals surface area contributed by atoms with Crippen LogP contribution in [0.5, 0.6) is 0 Å². The zero-order valence-electron chi connectivity index (χ0n) is 14.1. The maximum Gasteiger partial charge on any atom is 0.318 e. The van der Waals surface area contributed by atoms with Gasteiger partial charge in [-0.15, -0.1) is 0 Å². The summed E-state index contributed by atoms with van der Waals surface area (Å²) < 4.78 is 0. The van der Waals surface area contributed by atoms with Crippen LogP contribution in [0.2, 0.25) is 0 Å². The van der Waals surface area contributed by atoms with Gasteiger partial charge in [0, 0.05) is 18.3 Å². The molecule has 1 aromatic rings. The number of nitrogens with one attached hydrogen (secondary N) is 1. The first-order chi connectivity index (χ1) is 11.2. The summed E-state index contributed by atoms with van der Waals surface area (Å²) in [5.74, 6) is 0.913. The topological polar surface area (TPSA) is 52.6 Å². The molecule has 2 unspecified atom stereocenters. The molecule has 0 heterocycles. The molecule has 0 aromatic heterocycles. The monoisotopic (exact) mass is 336 g/mol. The van der Waals surface area contributed by atoms with Gasteiger partial charge in [0.1, 0.15) is 0 Å². The van der Waals surface area contributed by atoms with Crippen LogP contribution in [-0.4, -0.2) is 47.2 Å². The smallest absolute Gasteiger partial charge is 0.318 e. The van der Waals surface area contributed by atoms with Crippen molar-refractivity contribution in [3.05, 3.63) is 35.4 Å². The van der Waals surface area contributed by atoms with E-state index in [9.17, 15) is 9.90 Å². The molecule has 2 amide bonds. The van der Waals surface area contributed by atoms with E-state index in [-0.39, 0.29) is 24.7 Å². The molecule has 0 aliphatic heterocycles. The molecular weight excluding hydrogens is 308 g/mol. The second-order valence-electron chi connectivity index (χ2n) is 6.03. The molecule has 4 nitrogen and oxygen atoms in total. The molecule has 1 aliphatic carbocycles. The van der Waals surface area contributed by atoms with Gasteiger partial charge in [0.25, 0.3) is 0 Å². The third-order valence-electron chi connectivity index (χ3n) is 4.50. The zero-order chi connectivity index (χ0) is 16.7. The van der Waals surface area contributed by atoms with Crippen molar-refractivity contribution in [3.63, 3.8) is 0 Å². The number of carbonyl (C=O) groups is 1. The predicted molar refractivity (Wildman–Crippen MR) is 96.9 cm³/mol. The summed E-state index contributed by atoms with van der Waals surface area (Å²) in [5, 5.41) is 12.6. The average Bonchev–Trinajstić information content (AvgIpc) is 2.58. The Morgan fingerprint density at radius 2 is 2.26 bits per heavy atom. The van der Waals surface area contributed by atoms with Gasteiger partial charge in [-0.1, -0.05) is 31.2 Å². The van der Waals surface area contributed by atoms with E-state index in [1.54, 1.807) is 11.8 Å². The van der Waals surface area contributed by atoms with Crippen molar-refractivity contribution >= 4 is 17.8 Å². The molecule has 2 rings (SSSR count). The number of thioether (sulfide) groups is 1. The van der Waals surface area contributed by atoms with Gasteiger partial charge in [-0.05, 0) is 43.1 Å². The van der Waals surface area contributed by atoms with E-state index >= 15 is 0 Å². The van der Waals surface area contributed by atoms with Crippen molar-refractivity contribution in [2.75, 3.05) is 25.2 Å². The molecule has 23 heavy (non-hydrogen) atoms. The van der Waals surface area contributed by atoms with E-state index in [0.29, 0.717) is 6.54 Å². The predicted octanol–water partition coefficient (Wildman–Crippen LogP) is 3.21. The highest BCUT2D eigenvalue weighted by molar-refractivity contribution is 7.98. The van der Waals surface area contributed by atoms with E-state index in [2.05, 4.69) is 36.7 Å². The minimum absolute atomic E-state index is 0.00853. The second kappa shape index (κ2) is 9.18. The summed E-state index contributed by atoms with van der Waals surface area (Å²) in [7, 11) is 0. The molecule has 1 aromatic carbocycles. The minimum Gasteiger partial charge on any atom is -0.395 e. The summed E-state index contributed by atoms with van der Waals surface area (Å²) in [6.07, 6.45) is 6.09. The lowest BCUT2D eigenvalue weighted by molar-refractivity contribution is 0.142. The fourth-order valence-corrected chi connectivity index (χ4v) is 4.00. The normalized spacial score (nSPS) is 18.1. The number of aliphatic hydroxyl groups is 1. The SMILES string of the molecule is CCC(CSC)NC(=O)N(CCO)C1CCCc2ccccc21. The number of rotatable bonds is 7. The minimum atomic E-state index is -0.0540. The number of amides is 2. The first kappa shape index (κ1) is 18.1. The van der Waals surface area contributed by atoms with Crippen molar-refractivity contribution in [1.29, 1.82) is 0 Å². The Morgan fingerprint density at radius 3 is 2.96 bits per heavy atom. The third kappa shape index (κ3) is 4.64. The zero-order valence-corrected chi connectivity index (χ0v) is 14.9. The standard InChI is InChI=1S/C18H28N2O2S/c1-3-15(13-23-2)19-18(22)20(11-12-21)17-10-6-8-14-7-4-5-9-16(14)17/h4-5,7,9,15,17,21H,3,6,8,10-13H2,1-2H3,(H,19,22). The first-order valence-corrected chi connectivity index (χ1v) is 9.85. The quantitative estimate of drug-likeness (QED) is 0.804. The lowest BCUT2D eigenvalue weighted by Crippen LogP contribution is -2.48. The van der Waals surface area contributed by atoms with Crippen molar-refractivity contribution in [2.45, 2.75) is 44.7 Å². The Kier molecular flexibility index (Phi) is 7.24. The molecular formula is C18H28N2O2S. The molecule has 0 spiro atoms. The average molecular weight is 337 g/mol. The Hall–Kier alpha value is -1.20. The molecule has 2 atom stereocenters. The van der Waals surface area contributed by atoms with Crippen LogP contribution in [0.3, 0.4) is 0 Å². The number of carbonyl (C=O) groups excluding carboxylic acids is 1. The lowest BCUT2D eigenvalue weighted by Gasteiger charge is -2.36. The fourth-order valence-electron chi connectivity index (χ4n) is 3.28. The number of nitrogens with zero attached hydrogens (tertiary/aromatic N) is 1. The van der Waals surface area contributed by atoms with Crippen molar-refractivity contribution < 1.29 is 9.90 Å². The number of hydrogen-bond donors (Lipinski definition) is 2. The largest absolute Gasteiger partial charge is 0.395 e. The molecule has 128 valence electrons. The Bertz CT molecular complexity index is 510. The number of urea groups is 1. The summed E-state index contributed by atoms with van der Waals surface area (Å²) >= 11 is 1.74. The van der Waals surface area contributed by atoms with Crippen LogP contribution in [0.15, 0.2) is 24.3 Å². The highest BCUT2D eigenvalue weighted by Crippen LogP contribution is 2.34. The fraction of sp³-hybridized carbons (Fsp3) is 0.611. The van der Waals surface area contributed by atoms with Gasteiger partial charge < -0.3 is 15.3 Å². The molecule has 1 aliphatic rings. The van der Waals surface area contributed by atoms with E-state index in [0.717, 1.165) is 31.4 Å². The van der Waals surface area contributed by atoms with Crippen LogP contribution in [0, 0.1) is 0 Å². The number of hydrogen-bond acceptors (Lipinski definition) is 3. The molecule has 0 fully saturated rings. The Labute approximate surface area is 143 Å². The van der Waals surface area contributed by atoms with Crippen LogP contribution in [0.1, 0.15) is 43.4 Å². The number of aliphatic hydroxyl groups excluding tert-OH is 1. The van der Waals surface area contributed by atoms with E-state index in [1.807, 2.05) is 11.0 Å². The van der Waals surface area contributed by atoms with E-state index < -0.39 is 0 Å². The summed E-state index contributed by atoms with van der Waals surface area (Å²) in [5.41, 5.74) is 2.57. The van der Waals surface area contributed by atoms with Crippen LogP contribution in [-0.2, 0) is 6.42 Å². The van der Waals surface area contributed by atoms with Gasteiger partial charge in [-0.25, -0.2) is 4.79 Å².